The van der Waals surface area contributed by atoms with Crippen molar-refractivity contribution in [1.29, 1.82) is 0 Å². The average Bonchev–Trinajstić information content (AvgIpc) is 2.22. The molecule has 1 aliphatic heterocycles. The molecule has 0 saturated carbocycles. The van der Waals surface area contributed by atoms with Gasteiger partial charge in [-0.2, -0.15) is 0 Å². The van der Waals surface area contributed by atoms with Crippen LogP contribution in [0.3, 0.4) is 0 Å². The minimum atomic E-state index is -1.29. The minimum Gasteiger partial charge on any atom is -0.277 e. The van der Waals surface area contributed by atoms with E-state index in [1.165, 1.54) is 6.08 Å². The van der Waals surface area contributed by atoms with E-state index in [1.807, 2.05) is 6.92 Å². The Balaban J connectivity index is 2.83. The number of barbiturate groups is 1. The van der Waals surface area contributed by atoms with Gasteiger partial charge in [-0.3, -0.25) is 20.2 Å². The zero-order valence-corrected chi connectivity index (χ0v) is 9.34. The third-order valence-electron chi connectivity index (χ3n) is 2.79. The van der Waals surface area contributed by atoms with Crippen molar-refractivity contribution in [3.05, 3.63) is 12.7 Å². The van der Waals surface area contributed by atoms with Gasteiger partial charge in [0.2, 0.25) is 11.8 Å². The Hall–Kier alpha value is -1.65. The van der Waals surface area contributed by atoms with E-state index >= 15 is 0 Å². The molecule has 1 saturated heterocycles. The lowest BCUT2D eigenvalue weighted by Gasteiger charge is -2.31. The molecule has 4 amide bonds. The number of unbranched alkanes of at least 4 members (excludes halogenated alkanes) is 2. The lowest BCUT2D eigenvalue weighted by molar-refractivity contribution is -0.141. The maximum absolute atomic E-state index is 11.7. The van der Waals surface area contributed by atoms with E-state index in [9.17, 15) is 14.4 Å². The summed E-state index contributed by atoms with van der Waals surface area (Å²) in [5.74, 6) is -1.15. The summed E-state index contributed by atoms with van der Waals surface area (Å²) in [6, 6.07) is -0.761. The molecule has 1 heterocycles. The van der Waals surface area contributed by atoms with E-state index in [0.29, 0.717) is 6.42 Å². The molecule has 2 N–H and O–H groups in total. The van der Waals surface area contributed by atoms with Crippen LogP contribution in [0.4, 0.5) is 4.79 Å². The summed E-state index contributed by atoms with van der Waals surface area (Å²) >= 11 is 0. The predicted octanol–water partition coefficient (Wildman–Crippen LogP) is 1.11. The molecule has 0 aromatic carbocycles. The van der Waals surface area contributed by atoms with E-state index in [2.05, 4.69) is 17.2 Å². The summed E-state index contributed by atoms with van der Waals surface area (Å²) in [4.78, 5) is 34.3. The second-order valence-electron chi connectivity index (χ2n) is 3.87. The molecule has 1 rings (SSSR count). The minimum absolute atomic E-state index is 0.384. The molecule has 0 aliphatic carbocycles. The summed E-state index contributed by atoms with van der Waals surface area (Å²) in [6.45, 7) is 5.56. The highest BCUT2D eigenvalue weighted by Gasteiger charge is 2.47. The van der Waals surface area contributed by atoms with E-state index in [1.54, 1.807) is 0 Å². The summed E-state index contributed by atoms with van der Waals surface area (Å²) in [5.41, 5.74) is -1.29. The zero-order chi connectivity index (χ0) is 12.2. The third kappa shape index (κ3) is 2.13. The quantitative estimate of drug-likeness (QED) is 0.417. The number of carbonyl (C=O) groups excluding carboxylic acids is 3. The van der Waals surface area contributed by atoms with Crippen molar-refractivity contribution in [3.8, 4) is 0 Å². The fraction of sp³-hybridized carbons (Fsp3) is 0.545. The van der Waals surface area contributed by atoms with Gasteiger partial charge in [-0.15, -0.1) is 6.58 Å². The molecule has 1 aliphatic rings. The van der Waals surface area contributed by atoms with Gasteiger partial charge in [0.25, 0.3) is 0 Å². The molecule has 88 valence electrons. The summed E-state index contributed by atoms with van der Waals surface area (Å²) in [6.07, 6.45) is 4.38. The molecule has 0 radical (unpaired) electrons. The lowest BCUT2D eigenvalue weighted by Crippen LogP contribution is -2.61. The van der Waals surface area contributed by atoms with Crippen molar-refractivity contribution in [3.63, 3.8) is 0 Å². The Morgan fingerprint density at radius 2 is 1.75 bits per heavy atom. The molecule has 0 aromatic heterocycles. The van der Waals surface area contributed by atoms with Gasteiger partial charge in [0.1, 0.15) is 5.41 Å². The number of imide groups is 2. The fourth-order valence-corrected chi connectivity index (χ4v) is 1.73. The largest absolute Gasteiger partial charge is 0.328 e. The van der Waals surface area contributed by atoms with Gasteiger partial charge < -0.3 is 0 Å². The van der Waals surface area contributed by atoms with Crippen LogP contribution in [0.5, 0.6) is 0 Å². The number of hydrogen-bond donors (Lipinski definition) is 2. The number of rotatable bonds is 5. The Labute approximate surface area is 94.3 Å². The molecule has 5 nitrogen and oxygen atoms in total. The summed E-state index contributed by atoms with van der Waals surface area (Å²) in [5, 5.41) is 4.19. The van der Waals surface area contributed by atoms with Crippen molar-refractivity contribution in [2.75, 3.05) is 0 Å². The Morgan fingerprint density at radius 3 is 2.19 bits per heavy atom. The van der Waals surface area contributed by atoms with E-state index in [0.717, 1.165) is 19.3 Å². The van der Waals surface area contributed by atoms with Crippen molar-refractivity contribution >= 4 is 17.8 Å². The van der Waals surface area contributed by atoms with Crippen molar-refractivity contribution in [2.24, 2.45) is 5.41 Å². The second-order valence-corrected chi connectivity index (χ2v) is 3.87. The van der Waals surface area contributed by atoms with Gasteiger partial charge in [0.05, 0.1) is 0 Å². The standard InChI is InChI=1S/C11H16N2O3/c1-3-5-6-7-11(4-2)8(14)12-10(16)13-9(11)15/h4H,2-3,5-7H2,1H3,(H2,12,13,14,15,16). The summed E-state index contributed by atoms with van der Waals surface area (Å²) < 4.78 is 0. The highest BCUT2D eigenvalue weighted by atomic mass is 16.2. The Morgan fingerprint density at radius 1 is 1.19 bits per heavy atom. The van der Waals surface area contributed by atoms with Crippen LogP contribution < -0.4 is 10.6 Å². The molecule has 0 bridgehead atoms. The monoisotopic (exact) mass is 224 g/mol. The number of amides is 4. The van der Waals surface area contributed by atoms with Crippen LogP contribution in [-0.4, -0.2) is 17.8 Å². The highest BCUT2D eigenvalue weighted by molar-refractivity contribution is 6.20. The van der Waals surface area contributed by atoms with E-state index in [-0.39, 0.29) is 0 Å². The van der Waals surface area contributed by atoms with Gasteiger partial charge >= 0.3 is 6.03 Å². The Bertz CT molecular complexity index is 316. The van der Waals surface area contributed by atoms with Crippen molar-refractivity contribution < 1.29 is 14.4 Å². The lowest BCUT2D eigenvalue weighted by atomic mass is 9.79. The van der Waals surface area contributed by atoms with Crippen molar-refractivity contribution in [1.82, 2.24) is 10.6 Å². The Kier molecular flexibility index (Phi) is 3.82. The van der Waals surface area contributed by atoms with Crippen LogP contribution in [0.2, 0.25) is 0 Å². The van der Waals surface area contributed by atoms with E-state index < -0.39 is 23.3 Å². The molecule has 1 fully saturated rings. The first-order valence-corrected chi connectivity index (χ1v) is 5.37. The van der Waals surface area contributed by atoms with Gasteiger partial charge in [0, 0.05) is 0 Å². The zero-order valence-electron chi connectivity index (χ0n) is 9.34. The normalized spacial score (nSPS) is 18.9. The molecule has 0 atom stereocenters. The predicted molar refractivity (Wildman–Crippen MR) is 58.5 cm³/mol. The first-order valence-electron chi connectivity index (χ1n) is 5.37. The van der Waals surface area contributed by atoms with Crippen molar-refractivity contribution in [2.45, 2.75) is 32.6 Å². The van der Waals surface area contributed by atoms with Crippen LogP contribution in [0.15, 0.2) is 12.7 Å². The summed E-state index contributed by atoms with van der Waals surface area (Å²) in [7, 11) is 0. The maximum Gasteiger partial charge on any atom is 0.328 e. The number of urea groups is 1. The van der Waals surface area contributed by atoms with Gasteiger partial charge in [-0.05, 0) is 6.42 Å². The molecule has 0 unspecified atom stereocenters. The smallest absolute Gasteiger partial charge is 0.277 e. The van der Waals surface area contributed by atoms with Crippen LogP contribution in [0.1, 0.15) is 32.6 Å². The molecular weight excluding hydrogens is 208 g/mol. The average molecular weight is 224 g/mol. The van der Waals surface area contributed by atoms with Crippen LogP contribution >= 0.6 is 0 Å². The highest BCUT2D eigenvalue weighted by Crippen LogP contribution is 2.29. The van der Waals surface area contributed by atoms with Gasteiger partial charge in [0.15, 0.2) is 0 Å². The first kappa shape index (κ1) is 12.4. The topological polar surface area (TPSA) is 75.3 Å². The van der Waals surface area contributed by atoms with Crippen LogP contribution in [0, 0.1) is 5.41 Å². The first-order chi connectivity index (χ1) is 7.56. The van der Waals surface area contributed by atoms with Gasteiger partial charge in [-0.25, -0.2) is 4.79 Å². The number of carbonyl (C=O) groups is 3. The fourth-order valence-electron chi connectivity index (χ4n) is 1.73. The van der Waals surface area contributed by atoms with Crippen LogP contribution in [0.25, 0.3) is 0 Å². The van der Waals surface area contributed by atoms with Crippen LogP contribution in [-0.2, 0) is 9.59 Å². The van der Waals surface area contributed by atoms with Gasteiger partial charge in [-0.1, -0.05) is 32.3 Å². The van der Waals surface area contributed by atoms with E-state index in [4.69, 9.17) is 0 Å². The molecule has 0 spiro atoms. The maximum atomic E-state index is 11.7. The molecule has 16 heavy (non-hydrogen) atoms. The second kappa shape index (κ2) is 4.92. The third-order valence-corrected chi connectivity index (χ3v) is 2.79. The molecular formula is C11H16N2O3. The number of hydrogen-bond acceptors (Lipinski definition) is 3. The molecule has 5 heteroatoms. The SMILES string of the molecule is C=CC1(CCCCC)C(=O)NC(=O)NC1=O. The number of nitrogens with one attached hydrogen (secondary N) is 2. The molecule has 0 aromatic rings.